The molecule has 9 aliphatic rings. The lowest BCUT2D eigenvalue weighted by Gasteiger charge is -2.51. The van der Waals surface area contributed by atoms with E-state index in [9.17, 15) is 65.1 Å². The number of benzene rings is 2. The molecule has 35 heteroatoms. The van der Waals surface area contributed by atoms with Crippen LogP contribution in [0.15, 0.2) is 60.7 Å². The lowest BCUT2D eigenvalue weighted by Crippen LogP contribution is -2.70. The second-order valence-corrected chi connectivity index (χ2v) is 27.4. The molecule has 9 fully saturated rings. The highest BCUT2D eigenvalue weighted by Gasteiger charge is 2.61. The molecule has 32 atom stereocenters. The zero-order valence-electron chi connectivity index (χ0n) is 58.5. The molecule has 2 aliphatic carbocycles. The number of carbonyl (C=O) groups excluding carboxylic acids is 4. The summed E-state index contributed by atoms with van der Waals surface area (Å²) in [6.45, 7) is 4.30. The van der Waals surface area contributed by atoms with Crippen molar-refractivity contribution < 1.29 is 127 Å². The van der Waals surface area contributed by atoms with Crippen molar-refractivity contribution in [2.24, 2.45) is 28.9 Å². The fourth-order valence-electron chi connectivity index (χ4n) is 14.4. The number of amides is 4. The first-order valence-corrected chi connectivity index (χ1v) is 35.1. The third-order valence-corrected chi connectivity index (χ3v) is 19.9. The van der Waals surface area contributed by atoms with Crippen LogP contribution in [0.2, 0.25) is 0 Å². The minimum atomic E-state index is -1.61. The van der Waals surface area contributed by atoms with Gasteiger partial charge in [0.2, 0.25) is 5.91 Å². The van der Waals surface area contributed by atoms with E-state index in [0.717, 1.165) is 11.1 Å². The van der Waals surface area contributed by atoms with Crippen LogP contribution < -0.4 is 44.2 Å². The first kappa shape index (κ1) is 81.9. The third-order valence-electron chi connectivity index (χ3n) is 19.9. The van der Waals surface area contributed by atoms with Crippen molar-refractivity contribution in [1.29, 1.82) is 0 Å². The molecular formula is C69H103N9O26. The quantitative estimate of drug-likeness (QED) is 0.0442. The number of ether oxygens (including phenoxy) is 13. The average Bonchev–Trinajstić information content (AvgIpc) is 1.51. The summed E-state index contributed by atoms with van der Waals surface area (Å²) in [7, 11) is 3.05. The number of likely N-dealkylation sites (N-methyl/N-ethyl adjacent to an activating group) is 2. The molecule has 580 valence electrons. The Balaban J connectivity index is 0.000000239. The van der Waals surface area contributed by atoms with Crippen LogP contribution in [0.3, 0.4) is 0 Å². The number of nitrogens with one attached hydrogen (secondary N) is 4. The van der Waals surface area contributed by atoms with Crippen LogP contribution in [0.5, 0.6) is 0 Å². The highest BCUT2D eigenvalue weighted by molar-refractivity contribution is 5.76. The largest absolute Gasteiger partial charge is 0.445 e. The summed E-state index contributed by atoms with van der Waals surface area (Å²) in [5.74, 6) is 6.34. The van der Waals surface area contributed by atoms with Crippen molar-refractivity contribution in [2.75, 3.05) is 27.3 Å². The molecule has 2 saturated carbocycles. The molecule has 7 aliphatic heterocycles. The Bertz CT molecular complexity index is 3150. The van der Waals surface area contributed by atoms with Crippen LogP contribution >= 0.6 is 0 Å². The minimum absolute atomic E-state index is 0.00476. The van der Waals surface area contributed by atoms with Gasteiger partial charge in [0.15, 0.2) is 43.8 Å². The number of rotatable bonds is 20. The SMILES string of the molecule is C#CC#CC.CC1C[C@@H]2OC(O[C@H]3OC(CO)[C@@H](N)[C@H](O)C3O)C3C(OC(=O)N3C)C2O[C@@H]1O[C@@H]1C(NC(=O)OCc2ccccc2)C[C@@H](NC(=O)OCc2ccccc2)C[C@H]1O.CCCC(=O)N[C@@H]1C(CO)O[C@H](OC2O[C@H]3CC(N)[C@@H](O[C@@H]4C(N)C[C@@H](N)C[C@H]4O)OC3C(O)C2NC)C(O)[C@H]1O. The predicted molar refractivity (Wildman–Crippen MR) is 360 cm³/mol. The van der Waals surface area contributed by atoms with E-state index in [1.54, 1.807) is 14.0 Å². The van der Waals surface area contributed by atoms with Crippen molar-refractivity contribution in [1.82, 2.24) is 26.2 Å². The molecule has 7 heterocycles. The number of terminal acetylenes is 1. The van der Waals surface area contributed by atoms with E-state index in [0.29, 0.717) is 25.7 Å². The van der Waals surface area contributed by atoms with E-state index in [4.69, 9.17) is 90.9 Å². The number of fused-ring (bicyclic) bond motifs is 4. The Morgan fingerprint density at radius 2 is 1.18 bits per heavy atom. The van der Waals surface area contributed by atoms with Crippen LogP contribution in [0, 0.1) is 30.1 Å². The first-order chi connectivity index (χ1) is 49.8. The molecule has 2 aromatic rings. The molecule has 4 amide bonds. The van der Waals surface area contributed by atoms with Crippen molar-refractivity contribution >= 4 is 24.2 Å². The van der Waals surface area contributed by atoms with Gasteiger partial charge in [0.25, 0.3) is 0 Å². The smallest absolute Gasteiger partial charge is 0.410 e. The van der Waals surface area contributed by atoms with Crippen molar-refractivity contribution in [3.8, 4) is 24.2 Å². The second-order valence-electron chi connectivity index (χ2n) is 27.4. The summed E-state index contributed by atoms with van der Waals surface area (Å²) in [6.07, 6.45) is -19.9. The first-order valence-electron chi connectivity index (χ1n) is 35.1. The zero-order chi connectivity index (χ0) is 75.2. The lowest BCUT2D eigenvalue weighted by atomic mass is 9.85. The molecule has 0 spiro atoms. The van der Waals surface area contributed by atoms with Crippen LogP contribution in [0.25, 0.3) is 0 Å². The Kier molecular flexibility index (Phi) is 30.0. The van der Waals surface area contributed by atoms with Gasteiger partial charge in [-0.1, -0.05) is 80.4 Å². The Labute approximate surface area is 602 Å². The van der Waals surface area contributed by atoms with E-state index in [1.165, 1.54) is 11.9 Å². The van der Waals surface area contributed by atoms with E-state index in [-0.39, 0.29) is 56.8 Å². The Morgan fingerprint density at radius 1 is 0.606 bits per heavy atom. The van der Waals surface area contributed by atoms with Crippen LogP contribution in [-0.4, -0.2) is 292 Å². The number of hydrogen-bond acceptors (Lipinski definition) is 31. The van der Waals surface area contributed by atoms with Gasteiger partial charge in [0.05, 0.1) is 67.8 Å². The van der Waals surface area contributed by atoms with Gasteiger partial charge in [-0.15, -0.1) is 6.42 Å². The molecule has 0 aromatic heterocycles. The van der Waals surface area contributed by atoms with Gasteiger partial charge >= 0.3 is 18.3 Å². The highest BCUT2D eigenvalue weighted by atomic mass is 16.8. The number of aliphatic hydroxyl groups excluding tert-OH is 9. The van der Waals surface area contributed by atoms with E-state index >= 15 is 0 Å². The number of aliphatic hydroxyl groups is 9. The van der Waals surface area contributed by atoms with Crippen LogP contribution in [-0.2, 0) is 79.6 Å². The van der Waals surface area contributed by atoms with Crippen LogP contribution in [0.4, 0.5) is 14.4 Å². The maximum atomic E-state index is 13.2. The monoisotopic (exact) mass is 1470 g/mol. The number of carbonyl (C=O) groups is 4. The number of nitrogens with two attached hydrogens (primary N) is 4. The van der Waals surface area contributed by atoms with Gasteiger partial charge in [-0.25, -0.2) is 14.4 Å². The summed E-state index contributed by atoms with van der Waals surface area (Å²) in [4.78, 5) is 52.3. The summed E-state index contributed by atoms with van der Waals surface area (Å²) >= 11 is 0. The zero-order valence-corrected chi connectivity index (χ0v) is 58.5. The van der Waals surface area contributed by atoms with Crippen LogP contribution in [0.1, 0.15) is 83.3 Å². The Morgan fingerprint density at radius 3 is 1.78 bits per heavy atom. The molecule has 35 nitrogen and oxygen atoms in total. The molecule has 0 radical (unpaired) electrons. The van der Waals surface area contributed by atoms with Gasteiger partial charge < -0.3 is 152 Å². The fraction of sp³-hybridized carbons (Fsp3) is 0.710. The number of alkyl carbamates (subject to hydrolysis) is 2. The average molecular weight is 1470 g/mol. The van der Waals surface area contributed by atoms with Crippen molar-refractivity contribution in [3.63, 3.8) is 0 Å². The van der Waals surface area contributed by atoms with Gasteiger partial charge in [0.1, 0.15) is 86.4 Å². The number of hydrogen-bond donors (Lipinski definition) is 17. The van der Waals surface area contributed by atoms with Crippen molar-refractivity contribution in [2.45, 2.75) is 275 Å². The molecule has 16 unspecified atom stereocenters. The predicted octanol–water partition coefficient (Wildman–Crippen LogP) is -4.13. The topological polar surface area (TPSA) is 526 Å². The molecule has 0 bridgehead atoms. The lowest BCUT2D eigenvalue weighted by molar-refractivity contribution is -0.374. The molecule has 104 heavy (non-hydrogen) atoms. The van der Waals surface area contributed by atoms with Gasteiger partial charge in [-0.3, -0.25) is 9.69 Å². The normalized spacial score (nSPS) is 40.9. The van der Waals surface area contributed by atoms with Gasteiger partial charge in [0, 0.05) is 37.5 Å². The standard InChI is InChI=1S/C39H52N4O15.C25H47N5O11.C5H4/c1-19-13-25-32(33-28(43(2)39(50)57-33)35(53-25)58-36-30(47)29(46)27(40)26(16-44)54-36)56-34(19)55-31-23(42-38(49)52-18-21-11-7-4-8-12-21)14-22(15-24(31)45)41-37(48)51-17-20-9-5-3-6-10-20;1-3-4-15(33)30-16-14(8-31)38-25(20(36)18(16)34)41-24-17(29-2)19(35)22-13(37-24)7-11(28)23(40-22)39-21-10(27)5-9(26)6-12(21)32;1-3-5-4-2/h3-12,19,22-36,44-47H,13-18,40H2,1-2H3,(H,41,48)(H,42,49);9-14,16-25,29,31-32,34-36H,3-8,26-28H2,1-2H3,(H,30,33);1H,2H3/t19?,22-,23?,24-,25+,26?,27-,28?,29+,30?,31-,32?,33?,34+,35?,36-;9-,10?,11?,12-,13+,14?,16-,17?,18+,19?,20?,21-,22?,23+,24?,25-;/m11./s1. The molecule has 11 rings (SSSR count). The molecule has 7 saturated heterocycles. The van der Waals surface area contributed by atoms with Gasteiger partial charge in [-0.2, -0.15) is 0 Å². The van der Waals surface area contributed by atoms with E-state index in [1.807, 2.05) is 74.5 Å². The maximum absolute atomic E-state index is 13.2. The Hall–Kier alpha value is -6.12. The maximum Gasteiger partial charge on any atom is 0.410 e. The fourth-order valence-corrected chi connectivity index (χ4v) is 14.4. The highest BCUT2D eigenvalue weighted by Crippen LogP contribution is 2.43. The summed E-state index contributed by atoms with van der Waals surface area (Å²) in [6, 6.07) is 11.4. The molecular weight excluding hydrogens is 1370 g/mol. The summed E-state index contributed by atoms with van der Waals surface area (Å²) in [5.41, 5.74) is 25.9. The number of nitrogens with zero attached hydrogens (tertiary/aromatic N) is 1. The van der Waals surface area contributed by atoms with E-state index in [2.05, 4.69) is 39.0 Å². The van der Waals surface area contributed by atoms with Crippen molar-refractivity contribution in [3.05, 3.63) is 71.8 Å². The van der Waals surface area contributed by atoms with E-state index < -0.39 is 215 Å². The minimum Gasteiger partial charge on any atom is -0.445 e. The second kappa shape index (κ2) is 38.1. The molecule has 21 N–H and O–H groups in total. The molecule has 2 aromatic carbocycles. The summed E-state index contributed by atoms with van der Waals surface area (Å²) < 4.78 is 77.5. The third kappa shape index (κ3) is 20.2. The summed E-state index contributed by atoms with van der Waals surface area (Å²) in [5, 5.41) is 107. The van der Waals surface area contributed by atoms with Gasteiger partial charge in [-0.05, 0) is 81.9 Å².